The number of hydrogen-bond donors (Lipinski definition) is 1. The fourth-order valence-electron chi connectivity index (χ4n) is 2.37. The first kappa shape index (κ1) is 12.9. The van der Waals surface area contributed by atoms with Crippen LogP contribution >= 0.6 is 0 Å². The Hall–Kier alpha value is -1.55. The molecule has 0 unspecified atom stereocenters. The van der Waals surface area contributed by atoms with Gasteiger partial charge in [-0.25, -0.2) is 0 Å². The zero-order valence-electron chi connectivity index (χ0n) is 11.1. The van der Waals surface area contributed by atoms with Gasteiger partial charge in [-0.15, -0.1) is 0 Å². The van der Waals surface area contributed by atoms with Crippen molar-refractivity contribution in [3.05, 3.63) is 29.8 Å². The third-order valence-corrected chi connectivity index (χ3v) is 3.64. The van der Waals surface area contributed by atoms with Crippen LogP contribution in [-0.4, -0.2) is 43.0 Å². The largest absolute Gasteiger partial charge is 0.369 e. The Bertz CT molecular complexity index is 425. The molecule has 1 saturated heterocycles. The lowest BCUT2D eigenvalue weighted by Crippen LogP contribution is -2.53. The van der Waals surface area contributed by atoms with E-state index < -0.39 is 0 Å². The number of piperazine rings is 1. The van der Waals surface area contributed by atoms with Gasteiger partial charge in [0.1, 0.15) is 0 Å². The van der Waals surface area contributed by atoms with Crippen LogP contribution in [0.3, 0.4) is 0 Å². The predicted octanol–water partition coefficient (Wildman–Crippen LogP) is 0.991. The van der Waals surface area contributed by atoms with Crippen LogP contribution in [0.2, 0.25) is 0 Å². The van der Waals surface area contributed by atoms with Crippen molar-refractivity contribution in [1.82, 2.24) is 4.90 Å². The lowest BCUT2D eigenvalue weighted by atomic mass is 10.1. The fourth-order valence-corrected chi connectivity index (χ4v) is 2.37. The molecule has 0 spiro atoms. The molecule has 2 rings (SSSR count). The Morgan fingerprint density at radius 3 is 2.50 bits per heavy atom. The number of nitrogens with zero attached hydrogens (tertiary/aromatic N) is 2. The van der Waals surface area contributed by atoms with Crippen LogP contribution in [0.1, 0.15) is 12.5 Å². The number of hydrogen-bond acceptors (Lipinski definition) is 3. The lowest BCUT2D eigenvalue weighted by molar-refractivity contribution is -0.122. The number of amides is 1. The van der Waals surface area contributed by atoms with Crippen LogP contribution in [0.4, 0.5) is 5.69 Å². The molecule has 0 aromatic heterocycles. The summed E-state index contributed by atoms with van der Waals surface area (Å²) in [6.07, 6.45) is 0. The second-order valence-electron chi connectivity index (χ2n) is 4.94. The minimum Gasteiger partial charge on any atom is -0.369 e. The monoisotopic (exact) mass is 247 g/mol. The van der Waals surface area contributed by atoms with Gasteiger partial charge in [0.25, 0.3) is 0 Å². The highest BCUT2D eigenvalue weighted by molar-refractivity contribution is 5.79. The fraction of sp³-hybridized carbons (Fsp3) is 0.500. The van der Waals surface area contributed by atoms with Gasteiger partial charge < -0.3 is 10.6 Å². The molecule has 1 aliphatic rings. The smallest absolute Gasteiger partial charge is 0.234 e. The zero-order valence-corrected chi connectivity index (χ0v) is 11.1. The van der Waals surface area contributed by atoms with Gasteiger partial charge in [0.2, 0.25) is 5.91 Å². The summed E-state index contributed by atoms with van der Waals surface area (Å²) in [7, 11) is 0. The summed E-state index contributed by atoms with van der Waals surface area (Å²) < 4.78 is 0. The highest BCUT2D eigenvalue weighted by Gasteiger charge is 2.23. The first-order chi connectivity index (χ1) is 8.58. The first-order valence-electron chi connectivity index (χ1n) is 6.43. The molecule has 0 bridgehead atoms. The molecule has 0 radical (unpaired) electrons. The van der Waals surface area contributed by atoms with Crippen molar-refractivity contribution in [3.63, 3.8) is 0 Å². The van der Waals surface area contributed by atoms with E-state index in [2.05, 4.69) is 41.0 Å². The van der Waals surface area contributed by atoms with E-state index in [1.807, 2.05) is 6.92 Å². The van der Waals surface area contributed by atoms with E-state index >= 15 is 0 Å². The molecule has 18 heavy (non-hydrogen) atoms. The average Bonchev–Trinajstić information content (AvgIpc) is 2.38. The van der Waals surface area contributed by atoms with Crippen LogP contribution in [0.15, 0.2) is 24.3 Å². The molecule has 1 fully saturated rings. The summed E-state index contributed by atoms with van der Waals surface area (Å²) in [5.74, 6) is -0.237. The molecule has 1 aromatic carbocycles. The summed E-state index contributed by atoms with van der Waals surface area (Å²) in [6.45, 7) is 7.65. The molecular weight excluding hydrogens is 226 g/mol. The van der Waals surface area contributed by atoms with E-state index in [1.54, 1.807) is 0 Å². The number of rotatable bonds is 3. The van der Waals surface area contributed by atoms with Crippen LogP contribution in [-0.2, 0) is 4.79 Å². The van der Waals surface area contributed by atoms with Gasteiger partial charge in [-0.05, 0) is 31.5 Å². The number of primary amides is 1. The third kappa shape index (κ3) is 2.82. The molecular formula is C14H21N3O. The number of carbonyl (C=O) groups excluding carboxylic acids is 1. The van der Waals surface area contributed by atoms with E-state index in [-0.39, 0.29) is 11.9 Å². The maximum atomic E-state index is 11.2. The van der Waals surface area contributed by atoms with E-state index in [0.717, 1.165) is 26.2 Å². The molecule has 0 aliphatic carbocycles. The van der Waals surface area contributed by atoms with Gasteiger partial charge in [0.05, 0.1) is 6.04 Å². The number of aryl methyl sites for hydroxylation is 1. The average molecular weight is 247 g/mol. The Morgan fingerprint density at radius 2 is 1.94 bits per heavy atom. The Morgan fingerprint density at radius 1 is 1.28 bits per heavy atom. The van der Waals surface area contributed by atoms with Gasteiger partial charge in [0.15, 0.2) is 0 Å². The van der Waals surface area contributed by atoms with Gasteiger partial charge in [0, 0.05) is 31.9 Å². The Kier molecular flexibility index (Phi) is 3.87. The van der Waals surface area contributed by atoms with E-state index in [9.17, 15) is 4.79 Å². The summed E-state index contributed by atoms with van der Waals surface area (Å²) in [5, 5.41) is 0. The molecule has 4 nitrogen and oxygen atoms in total. The molecule has 1 aliphatic heterocycles. The normalized spacial score (nSPS) is 18.7. The summed E-state index contributed by atoms with van der Waals surface area (Å²) >= 11 is 0. The zero-order chi connectivity index (χ0) is 13.1. The Balaban J connectivity index is 1.96. The van der Waals surface area contributed by atoms with Gasteiger partial charge >= 0.3 is 0 Å². The molecule has 1 atom stereocenters. The molecule has 1 heterocycles. The van der Waals surface area contributed by atoms with Crippen LogP contribution in [0.25, 0.3) is 0 Å². The first-order valence-corrected chi connectivity index (χ1v) is 6.43. The maximum absolute atomic E-state index is 11.2. The van der Waals surface area contributed by atoms with Crippen molar-refractivity contribution < 1.29 is 4.79 Å². The topological polar surface area (TPSA) is 49.6 Å². The SMILES string of the molecule is Cc1cccc(N2CCN([C@H](C)C(N)=O)CC2)c1. The van der Waals surface area contributed by atoms with Crippen molar-refractivity contribution in [2.24, 2.45) is 5.73 Å². The van der Waals surface area contributed by atoms with Crippen LogP contribution < -0.4 is 10.6 Å². The van der Waals surface area contributed by atoms with E-state index in [1.165, 1.54) is 11.3 Å². The second kappa shape index (κ2) is 5.40. The van der Waals surface area contributed by atoms with Crippen molar-refractivity contribution >= 4 is 11.6 Å². The summed E-state index contributed by atoms with van der Waals surface area (Å²) in [5.41, 5.74) is 7.88. The highest BCUT2D eigenvalue weighted by Crippen LogP contribution is 2.18. The molecule has 4 heteroatoms. The van der Waals surface area contributed by atoms with Crippen molar-refractivity contribution in [1.29, 1.82) is 0 Å². The lowest BCUT2D eigenvalue weighted by Gasteiger charge is -2.38. The molecule has 1 aromatic rings. The Labute approximate surface area is 108 Å². The van der Waals surface area contributed by atoms with E-state index in [0.29, 0.717) is 0 Å². The third-order valence-electron chi connectivity index (χ3n) is 3.64. The summed E-state index contributed by atoms with van der Waals surface area (Å²) in [6, 6.07) is 8.37. The molecule has 1 amide bonds. The predicted molar refractivity (Wildman–Crippen MR) is 73.6 cm³/mol. The second-order valence-corrected chi connectivity index (χ2v) is 4.94. The van der Waals surface area contributed by atoms with Gasteiger partial charge in [-0.3, -0.25) is 9.69 Å². The van der Waals surface area contributed by atoms with Crippen molar-refractivity contribution in [2.45, 2.75) is 19.9 Å². The number of carbonyl (C=O) groups is 1. The standard InChI is InChI=1S/C14H21N3O/c1-11-4-3-5-13(10-11)17-8-6-16(7-9-17)12(2)14(15)18/h3-5,10,12H,6-9H2,1-2H3,(H2,15,18)/t12-/m1/s1. The minimum absolute atomic E-state index is 0.162. The van der Waals surface area contributed by atoms with E-state index in [4.69, 9.17) is 5.73 Å². The molecule has 2 N–H and O–H groups in total. The van der Waals surface area contributed by atoms with Gasteiger partial charge in [-0.1, -0.05) is 12.1 Å². The van der Waals surface area contributed by atoms with Crippen LogP contribution in [0, 0.1) is 6.92 Å². The van der Waals surface area contributed by atoms with Crippen molar-refractivity contribution in [2.75, 3.05) is 31.1 Å². The number of nitrogens with two attached hydrogens (primary N) is 1. The maximum Gasteiger partial charge on any atom is 0.234 e. The minimum atomic E-state index is -0.237. The molecule has 98 valence electrons. The summed E-state index contributed by atoms with van der Waals surface area (Å²) in [4.78, 5) is 15.7. The quantitative estimate of drug-likeness (QED) is 0.866. The number of benzene rings is 1. The molecule has 0 saturated carbocycles. The van der Waals surface area contributed by atoms with Crippen molar-refractivity contribution in [3.8, 4) is 0 Å². The van der Waals surface area contributed by atoms with Crippen LogP contribution in [0.5, 0.6) is 0 Å². The highest BCUT2D eigenvalue weighted by atomic mass is 16.1. The van der Waals surface area contributed by atoms with Gasteiger partial charge in [-0.2, -0.15) is 0 Å². The number of anilines is 1.